The number of fused-ring (bicyclic) bond motifs is 1. The van der Waals surface area contributed by atoms with Gasteiger partial charge in [-0.15, -0.1) is 0 Å². The lowest BCUT2D eigenvalue weighted by Crippen LogP contribution is -2.42. The number of aliphatic imine (C=N–C) groups is 1. The van der Waals surface area contributed by atoms with Crippen molar-refractivity contribution in [2.75, 3.05) is 11.4 Å². The molecule has 1 unspecified atom stereocenters. The number of carbonyl (C=O) groups excluding carboxylic acids is 1. The van der Waals surface area contributed by atoms with Crippen molar-refractivity contribution in [2.24, 2.45) is 10.1 Å². The highest BCUT2D eigenvalue weighted by Crippen LogP contribution is 2.41. The number of anilines is 1. The van der Waals surface area contributed by atoms with E-state index in [1.165, 1.54) is 29.5 Å². The molecular formula is C25H29FN4OS. The number of hydrogen-bond acceptors (Lipinski definition) is 4. The molecule has 0 saturated heterocycles. The molecule has 5 nitrogen and oxygen atoms in total. The molecule has 2 aliphatic rings. The van der Waals surface area contributed by atoms with Crippen LogP contribution in [0.1, 0.15) is 57.7 Å². The first-order valence-electron chi connectivity index (χ1n) is 11.0. The molecular weight excluding hydrogens is 423 g/mol. The van der Waals surface area contributed by atoms with Crippen molar-refractivity contribution in [1.82, 2.24) is 5.43 Å². The second-order valence-electron chi connectivity index (χ2n) is 9.23. The normalized spacial score (nSPS) is 20.7. The average Bonchev–Trinajstić information content (AvgIpc) is 2.73. The van der Waals surface area contributed by atoms with Crippen molar-refractivity contribution in [2.45, 2.75) is 57.7 Å². The minimum Gasteiger partial charge on any atom is -0.326 e. The largest absolute Gasteiger partial charge is 0.326 e. The Hall–Kier alpha value is -2.67. The lowest BCUT2D eigenvalue weighted by atomic mass is 9.76. The molecule has 2 aliphatic heterocycles. The third-order valence-corrected chi connectivity index (χ3v) is 6.83. The van der Waals surface area contributed by atoms with Gasteiger partial charge in [0.2, 0.25) is 0 Å². The van der Waals surface area contributed by atoms with E-state index in [9.17, 15) is 9.18 Å². The smallest absolute Gasteiger partial charge is 0.299 e. The van der Waals surface area contributed by atoms with E-state index in [0.717, 1.165) is 41.3 Å². The van der Waals surface area contributed by atoms with Crippen LogP contribution in [0.4, 0.5) is 14.9 Å². The maximum atomic E-state index is 13.6. The number of hydrogen-bond donors (Lipinski definition) is 1. The molecule has 4 rings (SSSR count). The van der Waals surface area contributed by atoms with Crippen molar-refractivity contribution in [3.63, 3.8) is 0 Å². The van der Waals surface area contributed by atoms with Gasteiger partial charge in [-0.3, -0.25) is 9.79 Å². The lowest BCUT2D eigenvalue weighted by Gasteiger charge is -2.41. The van der Waals surface area contributed by atoms with Gasteiger partial charge in [-0.2, -0.15) is 5.10 Å². The van der Waals surface area contributed by atoms with Crippen molar-refractivity contribution in [1.29, 1.82) is 0 Å². The van der Waals surface area contributed by atoms with Crippen molar-refractivity contribution >= 4 is 34.2 Å². The summed E-state index contributed by atoms with van der Waals surface area (Å²) in [5.74, 6) is 0.602. The number of halogens is 1. The fourth-order valence-electron chi connectivity index (χ4n) is 4.22. The van der Waals surface area contributed by atoms with Gasteiger partial charge in [-0.1, -0.05) is 31.7 Å². The molecule has 0 fully saturated rings. The topological polar surface area (TPSA) is 57.1 Å². The maximum Gasteiger partial charge on any atom is 0.299 e. The van der Waals surface area contributed by atoms with Gasteiger partial charge in [0.25, 0.3) is 5.24 Å². The van der Waals surface area contributed by atoms with E-state index in [4.69, 9.17) is 4.99 Å². The van der Waals surface area contributed by atoms with Gasteiger partial charge in [-0.25, -0.2) is 9.82 Å². The Morgan fingerprint density at radius 3 is 2.62 bits per heavy atom. The number of hydrazone groups is 1. The standard InChI is InChI=1S/C25H29FN4OS/c1-15(2)27-23(17-6-9-19(26)10-7-17)30-13-12-25(4,5)20-14-18(8-11-21(20)30)22-16(3)32-24(31)29-28-22/h6-11,14-16H,12-13H2,1-5H3,(H,29,31)/b27-23-. The van der Waals surface area contributed by atoms with Crippen LogP contribution in [0.15, 0.2) is 52.6 Å². The summed E-state index contributed by atoms with van der Waals surface area (Å²) in [4.78, 5) is 18.8. The van der Waals surface area contributed by atoms with Crippen LogP contribution in [0.25, 0.3) is 0 Å². The predicted molar refractivity (Wildman–Crippen MR) is 132 cm³/mol. The maximum absolute atomic E-state index is 13.6. The van der Waals surface area contributed by atoms with Crippen LogP contribution in [-0.2, 0) is 5.41 Å². The molecule has 0 spiro atoms. The first-order chi connectivity index (χ1) is 15.2. The fourth-order valence-corrected chi connectivity index (χ4v) is 4.94. The predicted octanol–water partition coefficient (Wildman–Crippen LogP) is 5.72. The number of nitrogens with zero attached hydrogens (tertiary/aromatic N) is 3. The molecule has 32 heavy (non-hydrogen) atoms. The van der Waals surface area contributed by atoms with Crippen LogP contribution in [0.3, 0.4) is 0 Å². The van der Waals surface area contributed by atoms with E-state index in [1.54, 1.807) is 12.1 Å². The number of amidine groups is 1. The molecule has 0 aromatic heterocycles. The number of amides is 1. The van der Waals surface area contributed by atoms with E-state index in [2.05, 4.69) is 61.3 Å². The van der Waals surface area contributed by atoms with E-state index in [0.29, 0.717) is 0 Å². The molecule has 1 amide bonds. The summed E-state index contributed by atoms with van der Waals surface area (Å²) in [6.45, 7) is 11.4. The summed E-state index contributed by atoms with van der Waals surface area (Å²) in [6.07, 6.45) is 0.954. The van der Waals surface area contributed by atoms with E-state index >= 15 is 0 Å². The number of nitrogens with one attached hydrogen (secondary N) is 1. The molecule has 1 N–H and O–H groups in total. The highest BCUT2D eigenvalue weighted by atomic mass is 32.2. The molecule has 1 atom stereocenters. The summed E-state index contributed by atoms with van der Waals surface area (Å²) in [6, 6.07) is 13.1. The van der Waals surface area contributed by atoms with Gasteiger partial charge in [0.1, 0.15) is 11.7 Å². The molecule has 168 valence electrons. The zero-order chi connectivity index (χ0) is 23.0. The molecule has 2 aromatic rings. The number of rotatable bonds is 3. The summed E-state index contributed by atoms with van der Waals surface area (Å²) in [5.41, 5.74) is 7.68. The van der Waals surface area contributed by atoms with Crippen molar-refractivity contribution < 1.29 is 9.18 Å². The van der Waals surface area contributed by atoms with Crippen LogP contribution in [0.2, 0.25) is 0 Å². The Morgan fingerprint density at radius 2 is 1.97 bits per heavy atom. The van der Waals surface area contributed by atoms with Gasteiger partial charge >= 0.3 is 0 Å². The highest BCUT2D eigenvalue weighted by Gasteiger charge is 2.34. The van der Waals surface area contributed by atoms with E-state index in [-0.39, 0.29) is 27.8 Å². The zero-order valence-corrected chi connectivity index (χ0v) is 20.0. The monoisotopic (exact) mass is 452 g/mol. The quantitative estimate of drug-likeness (QED) is 0.479. The molecule has 7 heteroatoms. The minimum atomic E-state index is -0.255. The van der Waals surface area contributed by atoms with Crippen LogP contribution in [-0.4, -0.2) is 34.6 Å². The van der Waals surface area contributed by atoms with Crippen LogP contribution >= 0.6 is 11.8 Å². The number of carbonyl (C=O) groups is 1. The van der Waals surface area contributed by atoms with Crippen LogP contribution < -0.4 is 10.3 Å². The Morgan fingerprint density at radius 1 is 1.25 bits per heavy atom. The molecule has 2 aromatic carbocycles. The van der Waals surface area contributed by atoms with Gasteiger partial charge in [0, 0.05) is 23.8 Å². The summed E-state index contributed by atoms with van der Waals surface area (Å²) >= 11 is 1.25. The van der Waals surface area contributed by atoms with E-state index < -0.39 is 0 Å². The third-order valence-electron chi connectivity index (χ3n) is 5.95. The van der Waals surface area contributed by atoms with E-state index in [1.807, 2.05) is 6.92 Å². The van der Waals surface area contributed by atoms with Gasteiger partial charge in [0.05, 0.1) is 11.0 Å². The van der Waals surface area contributed by atoms with Crippen LogP contribution in [0.5, 0.6) is 0 Å². The lowest BCUT2D eigenvalue weighted by molar-refractivity contribution is 0.261. The summed E-state index contributed by atoms with van der Waals surface area (Å²) < 4.78 is 13.6. The Bertz CT molecular complexity index is 1090. The second kappa shape index (κ2) is 8.70. The average molecular weight is 453 g/mol. The summed E-state index contributed by atoms with van der Waals surface area (Å²) in [7, 11) is 0. The summed E-state index contributed by atoms with van der Waals surface area (Å²) in [5, 5.41) is 4.19. The first kappa shape index (κ1) is 22.5. The molecule has 0 radical (unpaired) electrons. The SMILES string of the molecule is CC(C)/N=C(/c1ccc(F)cc1)N1CCC(C)(C)c2cc(C3=NNC(=O)SC3C)ccc21. The zero-order valence-electron chi connectivity index (χ0n) is 19.1. The van der Waals surface area contributed by atoms with Gasteiger partial charge < -0.3 is 4.90 Å². The second-order valence-corrected chi connectivity index (χ2v) is 10.5. The van der Waals surface area contributed by atoms with Crippen molar-refractivity contribution in [3.8, 4) is 0 Å². The molecule has 0 aliphatic carbocycles. The van der Waals surface area contributed by atoms with Gasteiger partial charge in [-0.05, 0) is 80.1 Å². The number of benzene rings is 2. The molecule has 0 saturated carbocycles. The highest BCUT2D eigenvalue weighted by molar-refractivity contribution is 8.14. The number of thioether (sulfide) groups is 1. The molecule has 2 heterocycles. The molecule has 0 bridgehead atoms. The minimum absolute atomic E-state index is 0.0121. The fraction of sp³-hybridized carbons (Fsp3) is 0.400. The van der Waals surface area contributed by atoms with Gasteiger partial charge in [0.15, 0.2) is 0 Å². The third kappa shape index (κ3) is 4.44. The Kier molecular flexibility index (Phi) is 6.12. The Labute approximate surface area is 193 Å². The van der Waals surface area contributed by atoms with Crippen LogP contribution in [0, 0.1) is 5.82 Å². The Balaban J connectivity index is 1.80. The first-order valence-corrected chi connectivity index (χ1v) is 11.8. The van der Waals surface area contributed by atoms with Crippen molar-refractivity contribution in [3.05, 3.63) is 65.0 Å².